The smallest absolute Gasteiger partial charge is 0.394 e. The Hall–Kier alpha value is -3.42. The first-order valence-electron chi connectivity index (χ1n) is 13.7. The van der Waals surface area contributed by atoms with Crippen molar-refractivity contribution in [1.29, 1.82) is 0 Å². The number of nitrogens with zero attached hydrogens (tertiary/aromatic N) is 2. The summed E-state index contributed by atoms with van der Waals surface area (Å²) in [5.41, 5.74) is 1.17. The molecule has 0 bridgehead atoms. The summed E-state index contributed by atoms with van der Waals surface area (Å²) in [6, 6.07) is 14.4. The van der Waals surface area contributed by atoms with E-state index in [1.54, 1.807) is 48.5 Å². The molecule has 2 N–H and O–H groups in total. The van der Waals surface area contributed by atoms with Crippen LogP contribution in [0.1, 0.15) is 58.9 Å². The molecule has 1 amide bonds. The van der Waals surface area contributed by atoms with Gasteiger partial charge in [0.1, 0.15) is 0 Å². The summed E-state index contributed by atoms with van der Waals surface area (Å²) in [6.07, 6.45) is -2.76. The number of aliphatic hydroxyl groups is 1. The predicted octanol–water partition coefficient (Wildman–Crippen LogP) is 5.68. The van der Waals surface area contributed by atoms with Gasteiger partial charge < -0.3 is 20.1 Å². The Balaban J connectivity index is 1.48. The molecular formula is C30H32F5N3O4S. The number of aromatic nitrogens is 1. The molecule has 4 atom stereocenters. The number of hydrogen-bond acceptors (Lipinski definition) is 6. The van der Waals surface area contributed by atoms with Gasteiger partial charge in [0.2, 0.25) is 0 Å². The van der Waals surface area contributed by atoms with Crippen LogP contribution in [0.2, 0.25) is 0 Å². The summed E-state index contributed by atoms with van der Waals surface area (Å²) in [4.78, 5) is 19.5. The highest BCUT2D eigenvalue weighted by Gasteiger charge is 2.33. The average Bonchev–Trinajstić information content (AvgIpc) is 3.02. The Morgan fingerprint density at radius 2 is 1.79 bits per heavy atom. The lowest BCUT2D eigenvalue weighted by Gasteiger charge is -2.41. The lowest BCUT2D eigenvalue weighted by Crippen LogP contribution is -2.45. The maximum Gasteiger partial charge on any atom is 0.417 e. The zero-order valence-electron chi connectivity index (χ0n) is 23.3. The fourth-order valence-electron chi connectivity index (χ4n) is 5.06. The molecule has 0 spiro atoms. The minimum atomic E-state index is -4.51. The number of carbonyl (C=O) groups is 1. The van der Waals surface area contributed by atoms with Crippen LogP contribution in [-0.2, 0) is 21.7 Å². The average molecular weight is 626 g/mol. The standard InChI is InChI=1S/C30H32F5N3O4S/c1-2-43(41)25-12-6-19(7-13-25)27(17-39)37-28(40)20-3-9-23(10-4-20)38-16-21(5-11-24(38)18-42-29(31)32)26-14-8-22(15-36-26)30(33,34)35/h3-4,6-10,12-15,21,24,27,29,39H,2,5,11,16-18H2,1H3,(H,37,40)/t21?,24-,27-,43?/m0/s1. The van der Waals surface area contributed by atoms with Gasteiger partial charge in [0, 0.05) is 46.3 Å². The number of anilines is 1. The van der Waals surface area contributed by atoms with Crippen molar-refractivity contribution in [3.8, 4) is 0 Å². The Bertz CT molecular complexity index is 1370. The first kappa shape index (κ1) is 32.5. The zero-order valence-corrected chi connectivity index (χ0v) is 24.1. The Kier molecular flexibility index (Phi) is 10.9. The van der Waals surface area contributed by atoms with Gasteiger partial charge in [0.15, 0.2) is 0 Å². The number of amides is 1. The second kappa shape index (κ2) is 14.4. The lowest BCUT2D eigenvalue weighted by molar-refractivity contribution is -0.138. The minimum absolute atomic E-state index is 0.250. The highest BCUT2D eigenvalue weighted by Crippen LogP contribution is 2.35. The third-order valence-corrected chi connectivity index (χ3v) is 8.73. The van der Waals surface area contributed by atoms with E-state index in [2.05, 4.69) is 15.0 Å². The summed E-state index contributed by atoms with van der Waals surface area (Å²) in [5, 5.41) is 12.7. The Morgan fingerprint density at radius 3 is 2.35 bits per heavy atom. The molecule has 4 rings (SSSR count). The van der Waals surface area contributed by atoms with Gasteiger partial charge in [-0.15, -0.1) is 0 Å². The number of nitrogens with one attached hydrogen (secondary N) is 1. The van der Waals surface area contributed by atoms with E-state index in [4.69, 9.17) is 0 Å². The van der Waals surface area contributed by atoms with E-state index in [1.165, 1.54) is 6.07 Å². The van der Waals surface area contributed by atoms with Crippen molar-refractivity contribution >= 4 is 22.4 Å². The van der Waals surface area contributed by atoms with E-state index in [0.717, 1.165) is 12.3 Å². The summed E-state index contributed by atoms with van der Waals surface area (Å²) in [6.45, 7) is -1.46. The molecule has 3 aromatic rings. The van der Waals surface area contributed by atoms with Crippen LogP contribution >= 0.6 is 0 Å². The number of alkyl halides is 5. The molecule has 2 heterocycles. The Labute approximate surface area is 248 Å². The number of piperidine rings is 1. The monoisotopic (exact) mass is 625 g/mol. The molecule has 1 fully saturated rings. The Morgan fingerprint density at radius 1 is 1.09 bits per heavy atom. The number of aliphatic hydroxyl groups excluding tert-OH is 1. The van der Waals surface area contributed by atoms with Gasteiger partial charge in [0.25, 0.3) is 5.91 Å². The first-order valence-corrected chi connectivity index (χ1v) is 15.0. The predicted molar refractivity (Wildman–Crippen MR) is 151 cm³/mol. The summed E-state index contributed by atoms with van der Waals surface area (Å²) in [7, 11) is -1.13. The van der Waals surface area contributed by atoms with Crippen molar-refractivity contribution in [2.75, 3.05) is 30.4 Å². The molecular weight excluding hydrogens is 593 g/mol. The highest BCUT2D eigenvalue weighted by molar-refractivity contribution is 7.85. The maximum absolute atomic E-state index is 13.0. The van der Waals surface area contributed by atoms with E-state index < -0.39 is 47.1 Å². The molecule has 1 aliphatic rings. The molecule has 13 heteroatoms. The lowest BCUT2D eigenvalue weighted by atomic mass is 9.89. The molecule has 0 saturated carbocycles. The summed E-state index contributed by atoms with van der Waals surface area (Å²) in [5.74, 6) is -0.228. The van der Waals surface area contributed by atoms with Crippen LogP contribution in [0.4, 0.5) is 27.6 Å². The zero-order chi connectivity index (χ0) is 31.1. The third-order valence-electron chi connectivity index (χ3n) is 7.41. The molecule has 43 heavy (non-hydrogen) atoms. The SMILES string of the molecule is CCS(=O)c1ccc([C@H](CO)NC(=O)c2ccc(N3CC(c4ccc(C(F)(F)F)cn4)CC[C@H]3COC(F)F)cc2)cc1. The van der Waals surface area contributed by atoms with Gasteiger partial charge in [-0.1, -0.05) is 19.1 Å². The topological polar surface area (TPSA) is 91.8 Å². The van der Waals surface area contributed by atoms with Gasteiger partial charge >= 0.3 is 12.8 Å². The van der Waals surface area contributed by atoms with E-state index in [9.17, 15) is 36.1 Å². The van der Waals surface area contributed by atoms with E-state index in [0.29, 0.717) is 52.5 Å². The molecule has 1 aromatic heterocycles. The van der Waals surface area contributed by atoms with Crippen LogP contribution in [0, 0.1) is 0 Å². The number of pyridine rings is 1. The van der Waals surface area contributed by atoms with E-state index in [1.807, 2.05) is 11.8 Å². The van der Waals surface area contributed by atoms with Crippen LogP contribution in [0.15, 0.2) is 71.8 Å². The molecule has 1 saturated heterocycles. The summed E-state index contributed by atoms with van der Waals surface area (Å²) >= 11 is 0. The molecule has 0 aliphatic carbocycles. The minimum Gasteiger partial charge on any atom is -0.394 e. The molecule has 1 aliphatic heterocycles. The molecule has 0 radical (unpaired) electrons. The van der Waals surface area contributed by atoms with Crippen molar-refractivity contribution in [3.63, 3.8) is 0 Å². The van der Waals surface area contributed by atoms with Gasteiger partial charge in [-0.05, 0) is 66.9 Å². The largest absolute Gasteiger partial charge is 0.417 e. The van der Waals surface area contributed by atoms with Crippen molar-refractivity contribution < 1.29 is 40.8 Å². The maximum atomic E-state index is 13.0. The number of hydrogen-bond donors (Lipinski definition) is 2. The quantitative estimate of drug-likeness (QED) is 0.267. The highest BCUT2D eigenvalue weighted by atomic mass is 32.2. The van der Waals surface area contributed by atoms with Gasteiger partial charge in [-0.3, -0.25) is 14.0 Å². The number of rotatable bonds is 11. The van der Waals surface area contributed by atoms with E-state index >= 15 is 0 Å². The molecule has 2 aromatic carbocycles. The summed E-state index contributed by atoms with van der Waals surface area (Å²) < 4.78 is 81.3. The third kappa shape index (κ3) is 8.36. The van der Waals surface area contributed by atoms with Gasteiger partial charge in [-0.2, -0.15) is 22.0 Å². The van der Waals surface area contributed by atoms with Crippen LogP contribution in [0.3, 0.4) is 0 Å². The van der Waals surface area contributed by atoms with Crippen LogP contribution in [-0.4, -0.2) is 58.4 Å². The second-order valence-corrected chi connectivity index (χ2v) is 11.8. The van der Waals surface area contributed by atoms with Crippen molar-refractivity contribution in [3.05, 3.63) is 89.2 Å². The van der Waals surface area contributed by atoms with E-state index in [-0.39, 0.29) is 19.1 Å². The van der Waals surface area contributed by atoms with Gasteiger partial charge in [-0.25, -0.2) is 0 Å². The number of carbonyl (C=O) groups excluding carboxylic acids is 1. The van der Waals surface area contributed by atoms with Crippen LogP contribution in [0.25, 0.3) is 0 Å². The van der Waals surface area contributed by atoms with Gasteiger partial charge in [0.05, 0.1) is 41.7 Å². The van der Waals surface area contributed by atoms with Crippen LogP contribution < -0.4 is 10.2 Å². The fourth-order valence-corrected chi connectivity index (χ4v) is 5.83. The molecule has 2 unspecified atom stereocenters. The molecule has 232 valence electrons. The number of ether oxygens (including phenoxy) is 1. The normalized spacial score (nSPS) is 18.8. The van der Waals surface area contributed by atoms with Crippen LogP contribution in [0.5, 0.6) is 0 Å². The second-order valence-electron chi connectivity index (χ2n) is 10.1. The van der Waals surface area contributed by atoms with Crippen molar-refractivity contribution in [2.24, 2.45) is 0 Å². The van der Waals surface area contributed by atoms with Crippen molar-refractivity contribution in [1.82, 2.24) is 10.3 Å². The molecule has 7 nitrogen and oxygen atoms in total. The van der Waals surface area contributed by atoms with Crippen molar-refractivity contribution in [2.45, 2.75) is 55.5 Å². The fraction of sp³-hybridized carbons (Fsp3) is 0.400. The number of halogens is 5. The number of benzene rings is 2. The first-order chi connectivity index (χ1) is 20.5.